The molecule has 2 heterocycles. The molecule has 7 nitrogen and oxygen atoms in total. The molecule has 0 unspecified atom stereocenters. The minimum atomic E-state index is -0.249. The first-order valence-corrected chi connectivity index (χ1v) is 10.1. The number of anilines is 1. The topological polar surface area (TPSA) is 81.4 Å². The number of amides is 1. The molecule has 1 N–H and O–H groups in total. The summed E-state index contributed by atoms with van der Waals surface area (Å²) in [5.74, 6) is 1.10. The van der Waals surface area contributed by atoms with Crippen LogP contribution in [0, 0.1) is 20.8 Å². The summed E-state index contributed by atoms with van der Waals surface area (Å²) in [6.07, 6.45) is 0. The van der Waals surface area contributed by atoms with E-state index in [-0.39, 0.29) is 12.5 Å². The molecule has 0 saturated carbocycles. The molecule has 148 valence electrons. The zero-order valence-corrected chi connectivity index (χ0v) is 17.6. The number of rotatable bonds is 5. The molecule has 0 spiro atoms. The predicted octanol–water partition coefficient (Wildman–Crippen LogP) is 4.45. The second-order valence-electron chi connectivity index (χ2n) is 6.64. The van der Waals surface area contributed by atoms with Crippen molar-refractivity contribution in [2.75, 3.05) is 11.9 Å². The van der Waals surface area contributed by atoms with Gasteiger partial charge < -0.3 is 10.1 Å². The number of hydrogen-bond acceptors (Lipinski definition) is 6. The monoisotopic (exact) mass is 427 g/mol. The Kier molecular flexibility index (Phi) is 5.21. The lowest BCUT2D eigenvalue weighted by Gasteiger charge is -2.10. The van der Waals surface area contributed by atoms with Crippen molar-refractivity contribution in [3.8, 4) is 16.3 Å². The fourth-order valence-corrected chi connectivity index (χ4v) is 3.89. The number of carbonyl (C=O) groups is 1. The molecule has 2 aromatic carbocycles. The number of benzene rings is 2. The Morgan fingerprint density at radius 3 is 2.66 bits per heavy atom. The van der Waals surface area contributed by atoms with Gasteiger partial charge in [-0.1, -0.05) is 35.1 Å². The van der Waals surface area contributed by atoms with E-state index in [0.717, 1.165) is 32.5 Å². The summed E-state index contributed by atoms with van der Waals surface area (Å²) in [4.78, 5) is 13.0. The Labute approximate surface area is 176 Å². The summed E-state index contributed by atoms with van der Waals surface area (Å²) >= 11 is 7.60. The summed E-state index contributed by atoms with van der Waals surface area (Å²) in [5, 5.41) is 17.0. The fraction of sp³-hybridized carbons (Fsp3) is 0.200. The molecule has 0 saturated heterocycles. The van der Waals surface area contributed by atoms with Crippen LogP contribution < -0.4 is 10.1 Å². The lowest BCUT2D eigenvalue weighted by atomic mass is 10.1. The molecular formula is C20H18ClN5O2S. The van der Waals surface area contributed by atoms with E-state index in [9.17, 15) is 4.79 Å². The molecule has 29 heavy (non-hydrogen) atoms. The van der Waals surface area contributed by atoms with Crippen molar-refractivity contribution in [1.82, 2.24) is 19.8 Å². The molecule has 0 aliphatic heterocycles. The number of hydrogen-bond donors (Lipinski definition) is 1. The Morgan fingerprint density at radius 1 is 1.17 bits per heavy atom. The summed E-state index contributed by atoms with van der Waals surface area (Å²) < 4.78 is 7.32. The Morgan fingerprint density at radius 2 is 1.93 bits per heavy atom. The smallest absolute Gasteiger partial charge is 0.262 e. The van der Waals surface area contributed by atoms with E-state index in [4.69, 9.17) is 16.3 Å². The van der Waals surface area contributed by atoms with Crippen LogP contribution in [0.3, 0.4) is 0 Å². The van der Waals surface area contributed by atoms with E-state index < -0.39 is 0 Å². The average Bonchev–Trinajstić information content (AvgIpc) is 3.27. The number of carbonyl (C=O) groups excluding carboxylic acids is 1. The summed E-state index contributed by atoms with van der Waals surface area (Å²) in [6, 6.07) is 11.1. The first-order valence-electron chi connectivity index (χ1n) is 8.89. The van der Waals surface area contributed by atoms with Gasteiger partial charge in [0.15, 0.2) is 12.4 Å². The van der Waals surface area contributed by atoms with Crippen LogP contribution in [0.5, 0.6) is 5.75 Å². The zero-order chi connectivity index (χ0) is 20.5. The standard InChI is InChI=1S/C20H18ClN5O2S/c1-11-7-16(8-12(2)18(11)21)28-10-17(27)22-15-6-4-5-14(9-15)19-25-26-13(3)23-24-20(26)29-19/h4-9H,10H2,1-3H3,(H,22,27). The molecule has 0 aliphatic rings. The second kappa shape index (κ2) is 7.81. The van der Waals surface area contributed by atoms with Crippen molar-refractivity contribution >= 4 is 39.5 Å². The van der Waals surface area contributed by atoms with Gasteiger partial charge in [-0.25, -0.2) is 0 Å². The largest absolute Gasteiger partial charge is 0.484 e. The van der Waals surface area contributed by atoms with E-state index in [1.807, 2.05) is 57.2 Å². The van der Waals surface area contributed by atoms with Crippen LogP contribution in [0.4, 0.5) is 5.69 Å². The van der Waals surface area contributed by atoms with Gasteiger partial charge in [0.05, 0.1) is 0 Å². The van der Waals surface area contributed by atoms with Crippen LogP contribution in [0.1, 0.15) is 17.0 Å². The number of nitrogens with zero attached hydrogens (tertiary/aromatic N) is 4. The van der Waals surface area contributed by atoms with E-state index in [0.29, 0.717) is 16.5 Å². The highest BCUT2D eigenvalue weighted by Crippen LogP contribution is 2.28. The second-order valence-corrected chi connectivity index (χ2v) is 7.97. The van der Waals surface area contributed by atoms with Crippen molar-refractivity contribution in [3.05, 3.63) is 58.4 Å². The molecule has 2 aromatic heterocycles. The molecule has 0 bridgehead atoms. The van der Waals surface area contributed by atoms with E-state index in [1.165, 1.54) is 11.3 Å². The van der Waals surface area contributed by atoms with Crippen molar-refractivity contribution in [3.63, 3.8) is 0 Å². The molecular weight excluding hydrogens is 410 g/mol. The van der Waals surface area contributed by atoms with Crippen LogP contribution in [0.15, 0.2) is 36.4 Å². The number of fused-ring (bicyclic) bond motifs is 1. The number of nitrogens with one attached hydrogen (secondary N) is 1. The minimum absolute atomic E-state index is 0.0965. The molecule has 9 heteroatoms. The maximum Gasteiger partial charge on any atom is 0.262 e. The molecule has 0 aliphatic carbocycles. The van der Waals surface area contributed by atoms with Gasteiger partial charge in [-0.05, 0) is 56.2 Å². The highest BCUT2D eigenvalue weighted by atomic mass is 35.5. The molecule has 0 radical (unpaired) electrons. The molecule has 4 rings (SSSR count). The summed E-state index contributed by atoms with van der Waals surface area (Å²) in [5.41, 5.74) is 3.38. The predicted molar refractivity (Wildman–Crippen MR) is 114 cm³/mol. The molecule has 4 aromatic rings. The van der Waals surface area contributed by atoms with Gasteiger partial charge in [0, 0.05) is 16.3 Å². The maximum absolute atomic E-state index is 12.3. The summed E-state index contributed by atoms with van der Waals surface area (Å²) in [6.45, 7) is 5.56. The normalized spacial score (nSPS) is 11.0. The average molecular weight is 428 g/mol. The van der Waals surface area contributed by atoms with Crippen molar-refractivity contribution in [2.24, 2.45) is 0 Å². The SMILES string of the molecule is Cc1cc(OCC(=O)Nc2cccc(-c3nn4c(C)nnc4s3)c2)cc(C)c1Cl. The van der Waals surface area contributed by atoms with Crippen LogP contribution in [0.25, 0.3) is 15.5 Å². The third kappa shape index (κ3) is 4.08. The quantitative estimate of drug-likeness (QED) is 0.509. The Balaban J connectivity index is 1.44. The molecule has 0 atom stereocenters. The lowest BCUT2D eigenvalue weighted by molar-refractivity contribution is -0.118. The van der Waals surface area contributed by atoms with Crippen molar-refractivity contribution in [2.45, 2.75) is 20.8 Å². The Hall–Kier alpha value is -2.97. The van der Waals surface area contributed by atoms with E-state index in [2.05, 4.69) is 20.6 Å². The van der Waals surface area contributed by atoms with Gasteiger partial charge in [0.25, 0.3) is 5.91 Å². The summed E-state index contributed by atoms with van der Waals surface area (Å²) in [7, 11) is 0. The highest BCUT2D eigenvalue weighted by molar-refractivity contribution is 7.19. The van der Waals surface area contributed by atoms with Crippen LogP contribution in [-0.2, 0) is 4.79 Å². The number of halogens is 1. The highest BCUT2D eigenvalue weighted by Gasteiger charge is 2.12. The van der Waals surface area contributed by atoms with Gasteiger partial charge in [0.1, 0.15) is 10.8 Å². The molecule has 1 amide bonds. The van der Waals surface area contributed by atoms with E-state index >= 15 is 0 Å². The number of aromatic nitrogens is 4. The number of aryl methyl sites for hydroxylation is 3. The fourth-order valence-electron chi connectivity index (χ4n) is 2.90. The third-order valence-corrected chi connectivity index (χ3v) is 5.86. The zero-order valence-electron chi connectivity index (χ0n) is 16.1. The Bertz CT molecular complexity index is 1190. The third-order valence-electron chi connectivity index (χ3n) is 4.32. The van der Waals surface area contributed by atoms with Gasteiger partial charge in [-0.3, -0.25) is 4.79 Å². The first kappa shape index (κ1) is 19.4. The van der Waals surface area contributed by atoms with Crippen LogP contribution in [0.2, 0.25) is 5.02 Å². The van der Waals surface area contributed by atoms with Gasteiger partial charge >= 0.3 is 0 Å². The van der Waals surface area contributed by atoms with Gasteiger partial charge in [-0.15, -0.1) is 10.2 Å². The molecule has 0 fully saturated rings. The van der Waals surface area contributed by atoms with Gasteiger partial charge in [-0.2, -0.15) is 9.61 Å². The van der Waals surface area contributed by atoms with E-state index in [1.54, 1.807) is 4.52 Å². The first-order chi connectivity index (χ1) is 13.9. The maximum atomic E-state index is 12.3. The van der Waals surface area contributed by atoms with Crippen molar-refractivity contribution < 1.29 is 9.53 Å². The van der Waals surface area contributed by atoms with Crippen LogP contribution >= 0.6 is 22.9 Å². The lowest BCUT2D eigenvalue weighted by Crippen LogP contribution is -2.20. The van der Waals surface area contributed by atoms with Crippen molar-refractivity contribution in [1.29, 1.82) is 0 Å². The minimum Gasteiger partial charge on any atom is -0.484 e. The van der Waals surface area contributed by atoms with Gasteiger partial charge in [0.2, 0.25) is 4.96 Å². The number of ether oxygens (including phenoxy) is 1. The van der Waals surface area contributed by atoms with Crippen LogP contribution in [-0.4, -0.2) is 32.3 Å².